The van der Waals surface area contributed by atoms with Crippen LogP contribution in [0.5, 0.6) is 0 Å². The van der Waals surface area contributed by atoms with Gasteiger partial charge in [0.2, 0.25) is 0 Å². The van der Waals surface area contributed by atoms with Crippen molar-refractivity contribution in [2.45, 2.75) is 6.42 Å². The van der Waals surface area contributed by atoms with Gasteiger partial charge in [-0.1, -0.05) is 24.3 Å². The molecule has 0 aromatic rings. The van der Waals surface area contributed by atoms with E-state index in [2.05, 4.69) is 24.3 Å². The number of allylic oxidation sites excluding steroid dienone is 4. The molecule has 0 saturated carbocycles. The van der Waals surface area contributed by atoms with Crippen molar-refractivity contribution in [2.24, 2.45) is 0 Å². The third-order valence-corrected chi connectivity index (χ3v) is 0.655. The van der Waals surface area contributed by atoms with Crippen LogP contribution in [0.4, 0.5) is 0 Å². The molecule has 0 amide bonds. The predicted octanol–water partition coefficient (Wildman–Crippen LogP) is -1.04. The van der Waals surface area contributed by atoms with Crippen LogP contribution in [0.2, 0.25) is 0 Å². The number of hydrogen-bond acceptors (Lipinski definition) is 0. The van der Waals surface area contributed by atoms with E-state index in [1.807, 2.05) is 0 Å². The van der Waals surface area contributed by atoms with E-state index in [-0.39, 0.29) is 26.3 Å². The predicted molar refractivity (Wildman–Crippen MR) is 29.3 cm³/mol. The monoisotopic (exact) mass is 88.1 g/mol. The van der Waals surface area contributed by atoms with Crippen molar-refractivity contribution in [1.82, 2.24) is 0 Å². The molecule has 0 N–H and O–H groups in total. The molecule has 0 spiro atoms. The normalized spacial score (nSPS) is 12.6. The molecule has 0 heterocycles. The van der Waals surface area contributed by atoms with Crippen LogP contribution in [0.3, 0.4) is 0 Å². The van der Waals surface area contributed by atoms with Gasteiger partial charge >= 0.3 is 18.9 Å². The van der Waals surface area contributed by atoms with Crippen LogP contribution in [-0.2, 0) is 0 Å². The van der Waals surface area contributed by atoms with Crippen molar-refractivity contribution < 1.29 is 18.9 Å². The van der Waals surface area contributed by atoms with Gasteiger partial charge in [0, 0.05) is 0 Å². The topological polar surface area (TPSA) is 0 Å². The Morgan fingerprint density at radius 2 is 1.43 bits per heavy atom. The average Bonchev–Trinajstić information content (AvgIpc) is 1.76. The van der Waals surface area contributed by atoms with Gasteiger partial charge in [-0.3, -0.25) is 0 Å². The summed E-state index contributed by atoms with van der Waals surface area (Å²) in [4.78, 5) is 0. The summed E-state index contributed by atoms with van der Waals surface area (Å²) in [5.74, 6) is 0. The molecule has 1 rings (SSSR count). The average molecular weight is 88.1 g/mol. The van der Waals surface area contributed by atoms with Gasteiger partial charge in [0.15, 0.2) is 0 Å². The zero-order valence-electron chi connectivity index (χ0n) is 5.02. The van der Waals surface area contributed by atoms with E-state index in [9.17, 15) is 0 Å². The van der Waals surface area contributed by atoms with Crippen LogP contribution in [0.25, 0.3) is 0 Å². The number of rotatable bonds is 0. The van der Waals surface area contributed by atoms with Gasteiger partial charge in [-0.05, 0) is 6.42 Å². The first-order valence-electron chi connectivity index (χ1n) is 1.82. The van der Waals surface area contributed by atoms with Crippen LogP contribution in [0, 0.1) is 7.43 Å². The van der Waals surface area contributed by atoms with Gasteiger partial charge in [0.05, 0.1) is 0 Å². The molecule has 0 aliphatic heterocycles. The van der Waals surface area contributed by atoms with Gasteiger partial charge in [-0.25, -0.2) is 0 Å². The molecule has 0 nitrogen and oxygen atoms in total. The summed E-state index contributed by atoms with van der Waals surface area (Å²) in [6, 6.07) is 0. The third-order valence-electron chi connectivity index (χ3n) is 0.655. The van der Waals surface area contributed by atoms with Gasteiger partial charge < -0.3 is 7.43 Å². The minimum Gasteiger partial charge on any atom is -0.358 e. The zero-order chi connectivity index (χ0) is 3.54. The Bertz CT molecular complexity index is 62.2. The van der Waals surface area contributed by atoms with Crippen LogP contribution >= 0.6 is 0 Å². The molecule has 0 fully saturated rings. The summed E-state index contributed by atoms with van der Waals surface area (Å²) >= 11 is 0. The van der Waals surface area contributed by atoms with Gasteiger partial charge in [-0.2, -0.15) is 0 Å². The molecule has 0 radical (unpaired) electrons. The van der Waals surface area contributed by atoms with E-state index in [1.54, 1.807) is 0 Å². The second-order valence-electron chi connectivity index (χ2n) is 1.09. The van der Waals surface area contributed by atoms with Crippen LogP contribution < -0.4 is 18.9 Å². The summed E-state index contributed by atoms with van der Waals surface area (Å²) in [6.07, 6.45) is 9.50. The molecule has 0 aromatic heterocycles. The van der Waals surface area contributed by atoms with E-state index in [0.717, 1.165) is 6.42 Å². The molecule has 1 aliphatic rings. The fraction of sp³-hybridized carbons (Fsp3) is 0.167. The van der Waals surface area contributed by atoms with E-state index in [0.29, 0.717) is 0 Å². The maximum Gasteiger partial charge on any atom is 1.00 e. The minimum absolute atomic E-state index is 0. The van der Waals surface area contributed by atoms with Gasteiger partial charge in [-0.15, -0.1) is 0 Å². The molecule has 0 atom stereocenters. The molecule has 1 heteroatoms. The molecule has 0 bridgehead atoms. The molecule has 7 heavy (non-hydrogen) atoms. The standard InChI is InChI=1S/C5H6.CH3.Li/c1-2-4-5-3-1;;/h1-4H,5H2;1H3;/q;-1;+1. The molecule has 0 saturated heterocycles. The minimum atomic E-state index is 0. The van der Waals surface area contributed by atoms with E-state index < -0.39 is 0 Å². The van der Waals surface area contributed by atoms with E-state index in [1.165, 1.54) is 0 Å². The Labute approximate surface area is 57.5 Å². The Kier molecular flexibility index (Phi) is 8.80. The third kappa shape index (κ3) is 3.92. The molecule has 1 aliphatic carbocycles. The zero-order valence-corrected chi connectivity index (χ0v) is 5.02. The SMILES string of the molecule is C1=CCC=C1.[CH3-].[Li+]. The van der Waals surface area contributed by atoms with Gasteiger partial charge in [0.25, 0.3) is 0 Å². The molecular formula is C6H9Li. The van der Waals surface area contributed by atoms with E-state index >= 15 is 0 Å². The van der Waals surface area contributed by atoms with Crippen molar-refractivity contribution in [3.05, 3.63) is 31.7 Å². The smallest absolute Gasteiger partial charge is 0.358 e. The summed E-state index contributed by atoms with van der Waals surface area (Å²) in [7, 11) is 0. The van der Waals surface area contributed by atoms with Crippen LogP contribution in [0.1, 0.15) is 6.42 Å². The Balaban J connectivity index is 0. The van der Waals surface area contributed by atoms with Crippen molar-refractivity contribution >= 4 is 0 Å². The Morgan fingerprint density at radius 1 is 1.00 bits per heavy atom. The van der Waals surface area contributed by atoms with Crippen molar-refractivity contribution in [3.8, 4) is 0 Å². The van der Waals surface area contributed by atoms with Gasteiger partial charge in [0.1, 0.15) is 0 Å². The second-order valence-corrected chi connectivity index (χ2v) is 1.09. The van der Waals surface area contributed by atoms with Crippen molar-refractivity contribution in [1.29, 1.82) is 0 Å². The van der Waals surface area contributed by atoms with Crippen molar-refractivity contribution in [2.75, 3.05) is 0 Å². The maximum absolute atomic E-state index is 2.12. The summed E-state index contributed by atoms with van der Waals surface area (Å²) in [5, 5.41) is 0. The first kappa shape index (κ1) is 10.1. The first-order valence-corrected chi connectivity index (χ1v) is 1.82. The quantitative estimate of drug-likeness (QED) is 0.262. The first-order chi connectivity index (χ1) is 2.50. The molecule has 0 unspecified atom stereocenters. The Hall–Kier alpha value is 0.0774. The summed E-state index contributed by atoms with van der Waals surface area (Å²) < 4.78 is 0. The fourth-order valence-electron chi connectivity index (χ4n) is 0.393. The second kappa shape index (κ2) is 6.08. The fourth-order valence-corrected chi connectivity index (χ4v) is 0.393. The largest absolute Gasteiger partial charge is 1.00 e. The molecule has 34 valence electrons. The van der Waals surface area contributed by atoms with Crippen molar-refractivity contribution in [3.63, 3.8) is 0 Å². The van der Waals surface area contributed by atoms with Crippen LogP contribution in [-0.4, -0.2) is 0 Å². The Morgan fingerprint density at radius 3 is 1.57 bits per heavy atom. The molecular weight excluding hydrogens is 79.0 g/mol. The molecule has 0 aromatic carbocycles. The number of hydrogen-bond donors (Lipinski definition) is 0. The summed E-state index contributed by atoms with van der Waals surface area (Å²) in [6.45, 7) is 0. The maximum atomic E-state index is 2.12. The van der Waals surface area contributed by atoms with Crippen LogP contribution in [0.15, 0.2) is 24.3 Å². The van der Waals surface area contributed by atoms with E-state index in [4.69, 9.17) is 0 Å². The summed E-state index contributed by atoms with van der Waals surface area (Å²) in [5.41, 5.74) is 0.